The highest BCUT2D eigenvalue weighted by Crippen LogP contribution is 2.40. The number of anilines is 2. The minimum Gasteiger partial charge on any atom is -0.333 e. The topological polar surface area (TPSA) is 80.0 Å². The van der Waals surface area contributed by atoms with Crippen LogP contribution in [0.3, 0.4) is 0 Å². The van der Waals surface area contributed by atoms with Gasteiger partial charge in [0.2, 0.25) is 0 Å². The smallest absolute Gasteiger partial charge is 0.323 e. The third-order valence-corrected chi connectivity index (χ3v) is 4.71. The predicted octanol–water partition coefficient (Wildman–Crippen LogP) is 4.97. The van der Waals surface area contributed by atoms with Gasteiger partial charge in [-0.15, -0.1) is 11.3 Å². The van der Waals surface area contributed by atoms with E-state index in [-0.39, 0.29) is 6.03 Å². The normalized spacial score (nSPS) is 13.7. The number of nitrogens with one attached hydrogen (secondary N) is 2. The van der Waals surface area contributed by atoms with E-state index in [2.05, 4.69) is 20.8 Å². The number of carbonyl (C=O) groups is 1. The molecule has 4 rings (SSSR count). The van der Waals surface area contributed by atoms with Gasteiger partial charge in [0.15, 0.2) is 5.82 Å². The van der Waals surface area contributed by atoms with Crippen LogP contribution < -0.4 is 10.6 Å². The van der Waals surface area contributed by atoms with Crippen molar-refractivity contribution < 1.29 is 9.32 Å². The molecule has 122 valence electrons. The minimum absolute atomic E-state index is 0.362. The molecule has 1 aromatic carbocycles. The zero-order valence-corrected chi connectivity index (χ0v) is 14.0. The molecule has 0 spiro atoms. The molecular formula is C16H13ClN4O2S. The highest BCUT2D eigenvalue weighted by molar-refractivity contribution is 7.14. The van der Waals surface area contributed by atoms with Crippen molar-refractivity contribution in [1.82, 2.24) is 10.1 Å². The van der Waals surface area contributed by atoms with Crippen LogP contribution in [-0.4, -0.2) is 16.2 Å². The molecule has 1 aliphatic rings. The molecule has 1 fully saturated rings. The van der Waals surface area contributed by atoms with Crippen molar-refractivity contribution in [2.24, 2.45) is 0 Å². The van der Waals surface area contributed by atoms with Crippen LogP contribution in [0.5, 0.6) is 0 Å². The number of nitrogens with zero attached hydrogens (tertiary/aromatic N) is 2. The number of benzene rings is 1. The Morgan fingerprint density at radius 2 is 2.17 bits per heavy atom. The number of amides is 2. The van der Waals surface area contributed by atoms with Crippen LogP contribution in [0.2, 0.25) is 5.02 Å². The molecule has 2 aromatic heterocycles. The van der Waals surface area contributed by atoms with E-state index in [1.165, 1.54) is 11.3 Å². The lowest BCUT2D eigenvalue weighted by molar-refractivity contribution is 0.262. The maximum Gasteiger partial charge on any atom is 0.323 e. The molecule has 0 bridgehead atoms. The van der Waals surface area contributed by atoms with Crippen molar-refractivity contribution >= 4 is 40.3 Å². The molecule has 8 heteroatoms. The molecular weight excluding hydrogens is 348 g/mol. The Kier molecular flexibility index (Phi) is 3.95. The second-order valence-corrected chi connectivity index (χ2v) is 6.84. The third kappa shape index (κ3) is 3.27. The molecule has 0 saturated heterocycles. The van der Waals surface area contributed by atoms with Gasteiger partial charge >= 0.3 is 6.03 Å². The van der Waals surface area contributed by atoms with E-state index >= 15 is 0 Å². The molecule has 24 heavy (non-hydrogen) atoms. The zero-order valence-electron chi connectivity index (χ0n) is 12.5. The largest absolute Gasteiger partial charge is 0.333 e. The van der Waals surface area contributed by atoms with Crippen LogP contribution in [0, 0.1) is 0 Å². The monoisotopic (exact) mass is 360 g/mol. The highest BCUT2D eigenvalue weighted by Gasteiger charge is 2.29. The van der Waals surface area contributed by atoms with Gasteiger partial charge in [0.25, 0.3) is 5.89 Å². The zero-order chi connectivity index (χ0) is 16.5. The molecule has 0 atom stereocenters. The third-order valence-electron chi connectivity index (χ3n) is 3.57. The summed E-state index contributed by atoms with van der Waals surface area (Å²) in [6, 6.07) is 8.40. The summed E-state index contributed by atoms with van der Waals surface area (Å²) in [5, 5.41) is 12.0. The number of thiophene rings is 1. The Morgan fingerprint density at radius 1 is 1.29 bits per heavy atom. The average Bonchev–Trinajstić information content (AvgIpc) is 3.10. The second-order valence-electron chi connectivity index (χ2n) is 5.48. The van der Waals surface area contributed by atoms with E-state index in [0.717, 1.165) is 23.5 Å². The number of carbonyl (C=O) groups excluding carboxylic acids is 1. The summed E-state index contributed by atoms with van der Waals surface area (Å²) in [6.45, 7) is 0. The van der Waals surface area contributed by atoms with E-state index < -0.39 is 0 Å². The van der Waals surface area contributed by atoms with E-state index in [9.17, 15) is 4.79 Å². The van der Waals surface area contributed by atoms with Crippen molar-refractivity contribution in [3.8, 4) is 10.8 Å². The number of rotatable bonds is 4. The fourth-order valence-corrected chi connectivity index (χ4v) is 3.22. The number of urea groups is 1. The molecule has 0 aliphatic heterocycles. The Labute approximate surface area is 146 Å². The van der Waals surface area contributed by atoms with Crippen molar-refractivity contribution in [2.75, 3.05) is 10.6 Å². The Bertz CT molecular complexity index is 888. The van der Waals surface area contributed by atoms with Gasteiger partial charge in [-0.05, 0) is 42.5 Å². The number of hydrogen-bond acceptors (Lipinski definition) is 5. The highest BCUT2D eigenvalue weighted by atomic mass is 35.5. The summed E-state index contributed by atoms with van der Waals surface area (Å²) in [4.78, 5) is 17.3. The lowest BCUT2D eigenvalue weighted by atomic mass is 10.3. The standard InChI is InChI=1S/C16H13ClN4O2S/c17-10-2-1-3-11(8-10)18-16(22)19-12-6-7-24-13(12)15-20-14(21-23-15)9-4-5-9/h1-3,6-9H,4-5H2,(H2,18,19,22). The van der Waals surface area contributed by atoms with Gasteiger partial charge in [-0.3, -0.25) is 0 Å². The van der Waals surface area contributed by atoms with Crippen LogP contribution in [0.25, 0.3) is 10.8 Å². The van der Waals surface area contributed by atoms with Crippen molar-refractivity contribution in [1.29, 1.82) is 0 Å². The van der Waals surface area contributed by atoms with Gasteiger partial charge in [-0.25, -0.2) is 4.79 Å². The quantitative estimate of drug-likeness (QED) is 0.688. The Morgan fingerprint density at radius 3 is 2.96 bits per heavy atom. The predicted molar refractivity (Wildman–Crippen MR) is 93.7 cm³/mol. The number of halogens is 1. The lowest BCUT2D eigenvalue weighted by Crippen LogP contribution is -2.19. The van der Waals surface area contributed by atoms with Crippen molar-refractivity contribution in [3.05, 3.63) is 46.6 Å². The van der Waals surface area contributed by atoms with E-state index in [1.54, 1.807) is 30.3 Å². The summed E-state index contributed by atoms with van der Waals surface area (Å²) in [7, 11) is 0. The Hall–Kier alpha value is -2.38. The molecule has 3 aromatic rings. The van der Waals surface area contributed by atoms with Gasteiger partial charge < -0.3 is 15.2 Å². The summed E-state index contributed by atoms with van der Waals surface area (Å²) in [5.74, 6) is 1.60. The summed E-state index contributed by atoms with van der Waals surface area (Å²) < 4.78 is 5.33. The Balaban J connectivity index is 1.48. The van der Waals surface area contributed by atoms with Crippen LogP contribution >= 0.6 is 22.9 Å². The van der Waals surface area contributed by atoms with Gasteiger partial charge in [0.1, 0.15) is 4.88 Å². The number of aromatic nitrogens is 2. The van der Waals surface area contributed by atoms with Crippen LogP contribution in [0.4, 0.5) is 16.2 Å². The molecule has 1 saturated carbocycles. The molecule has 2 N–H and O–H groups in total. The summed E-state index contributed by atoms with van der Waals surface area (Å²) in [6.07, 6.45) is 2.22. The average molecular weight is 361 g/mol. The first-order valence-electron chi connectivity index (χ1n) is 7.44. The van der Waals surface area contributed by atoms with Crippen LogP contribution in [0.1, 0.15) is 24.6 Å². The minimum atomic E-state index is -0.362. The summed E-state index contributed by atoms with van der Waals surface area (Å²) >= 11 is 7.35. The lowest BCUT2D eigenvalue weighted by Gasteiger charge is -2.07. The van der Waals surface area contributed by atoms with E-state index in [1.807, 2.05) is 5.38 Å². The first-order chi connectivity index (χ1) is 11.7. The van der Waals surface area contributed by atoms with Crippen LogP contribution in [-0.2, 0) is 0 Å². The molecule has 2 heterocycles. The van der Waals surface area contributed by atoms with Crippen molar-refractivity contribution in [2.45, 2.75) is 18.8 Å². The van der Waals surface area contributed by atoms with Crippen molar-refractivity contribution in [3.63, 3.8) is 0 Å². The fourth-order valence-electron chi connectivity index (χ4n) is 2.26. The maximum atomic E-state index is 12.2. The van der Waals surface area contributed by atoms with Gasteiger partial charge in [-0.2, -0.15) is 4.98 Å². The van der Waals surface area contributed by atoms with Gasteiger partial charge in [0.05, 0.1) is 5.69 Å². The fraction of sp³-hybridized carbons (Fsp3) is 0.188. The van der Waals surface area contributed by atoms with Crippen LogP contribution in [0.15, 0.2) is 40.2 Å². The molecule has 2 amide bonds. The molecule has 6 nitrogen and oxygen atoms in total. The second kappa shape index (κ2) is 6.26. The first-order valence-corrected chi connectivity index (χ1v) is 8.70. The van der Waals surface area contributed by atoms with Gasteiger partial charge in [-0.1, -0.05) is 22.8 Å². The van der Waals surface area contributed by atoms with E-state index in [4.69, 9.17) is 16.1 Å². The van der Waals surface area contributed by atoms with Gasteiger partial charge in [0, 0.05) is 16.6 Å². The molecule has 0 radical (unpaired) electrons. The van der Waals surface area contributed by atoms with E-state index in [0.29, 0.717) is 28.2 Å². The molecule has 0 unspecified atom stereocenters. The first kappa shape index (κ1) is 15.2. The SMILES string of the molecule is O=C(Nc1cccc(Cl)c1)Nc1ccsc1-c1nc(C2CC2)no1. The maximum absolute atomic E-state index is 12.2. The molecule has 1 aliphatic carbocycles. The number of hydrogen-bond donors (Lipinski definition) is 2. The summed E-state index contributed by atoms with van der Waals surface area (Å²) in [5.41, 5.74) is 1.25.